The highest BCUT2D eigenvalue weighted by Crippen LogP contribution is 2.39. The second-order valence-electron chi connectivity index (χ2n) is 7.41. The van der Waals surface area contributed by atoms with Gasteiger partial charge in [0.05, 0.1) is 13.2 Å². The molecule has 6 nitrogen and oxygen atoms in total. The number of allylic oxidation sites excluding steroid dienone is 1. The molecule has 6 heteroatoms. The molecule has 0 saturated carbocycles. The Balaban J connectivity index is 1.21. The first-order chi connectivity index (χ1) is 14.3. The third kappa shape index (κ3) is 3.86. The van der Waals surface area contributed by atoms with Gasteiger partial charge in [-0.1, -0.05) is 12.1 Å². The highest BCUT2D eigenvalue weighted by molar-refractivity contribution is 6.15. The molecule has 1 saturated heterocycles. The van der Waals surface area contributed by atoms with E-state index in [9.17, 15) is 4.79 Å². The number of carbonyl (C=O) groups is 1. The molecule has 0 unspecified atom stereocenters. The molecular weight excluding hydrogens is 370 g/mol. The van der Waals surface area contributed by atoms with Crippen molar-refractivity contribution in [3.05, 3.63) is 58.7 Å². The van der Waals surface area contributed by atoms with E-state index in [-0.39, 0.29) is 12.6 Å². The molecule has 2 aromatic carbocycles. The zero-order valence-corrected chi connectivity index (χ0v) is 16.2. The van der Waals surface area contributed by atoms with E-state index in [4.69, 9.17) is 18.9 Å². The van der Waals surface area contributed by atoms with Crippen molar-refractivity contribution in [3.8, 4) is 17.2 Å². The normalized spacial score (nSPS) is 19.6. The summed E-state index contributed by atoms with van der Waals surface area (Å²) in [5.74, 6) is 2.27. The molecule has 2 heterocycles. The summed E-state index contributed by atoms with van der Waals surface area (Å²) in [6, 6.07) is 11.6. The molecule has 0 radical (unpaired) electrons. The van der Waals surface area contributed by atoms with Crippen LogP contribution < -0.4 is 14.2 Å². The Bertz CT molecular complexity index is 944. The lowest BCUT2D eigenvalue weighted by Crippen LogP contribution is -2.38. The van der Waals surface area contributed by atoms with Crippen LogP contribution in [0.25, 0.3) is 6.08 Å². The molecule has 29 heavy (non-hydrogen) atoms. The number of hydrogen-bond donors (Lipinski definition) is 0. The van der Waals surface area contributed by atoms with Gasteiger partial charge in [-0.15, -0.1) is 0 Å². The van der Waals surface area contributed by atoms with Crippen LogP contribution in [0.2, 0.25) is 0 Å². The highest BCUT2D eigenvalue weighted by atomic mass is 16.7. The summed E-state index contributed by atoms with van der Waals surface area (Å²) in [5.41, 5.74) is 3.48. The molecule has 0 spiro atoms. The molecule has 150 valence electrons. The minimum atomic E-state index is 0.0594. The summed E-state index contributed by atoms with van der Waals surface area (Å²) in [5, 5.41) is 0. The van der Waals surface area contributed by atoms with Gasteiger partial charge in [-0.05, 0) is 41.5 Å². The summed E-state index contributed by atoms with van der Waals surface area (Å²) < 4.78 is 22.0. The number of ketones is 1. The predicted octanol–water partition coefficient (Wildman–Crippen LogP) is 2.95. The van der Waals surface area contributed by atoms with E-state index < -0.39 is 0 Å². The number of morpholine rings is 1. The van der Waals surface area contributed by atoms with E-state index in [0.717, 1.165) is 61.0 Å². The van der Waals surface area contributed by atoms with Crippen molar-refractivity contribution in [3.63, 3.8) is 0 Å². The second kappa shape index (κ2) is 7.89. The lowest BCUT2D eigenvalue weighted by atomic mass is 10.1. The molecule has 0 atom stereocenters. The van der Waals surface area contributed by atoms with Gasteiger partial charge in [0.15, 0.2) is 17.3 Å². The fraction of sp³-hybridized carbons (Fsp3) is 0.348. The number of nitrogens with zero attached hydrogens (tertiary/aromatic N) is 1. The SMILES string of the molecule is O=C1/C(=C/c2ccc(OCCN3CCOCC3)cc2)Cc2cc3c(cc21)OCO3. The Morgan fingerprint density at radius 3 is 2.59 bits per heavy atom. The van der Waals surface area contributed by atoms with Gasteiger partial charge in [0.25, 0.3) is 0 Å². The second-order valence-corrected chi connectivity index (χ2v) is 7.41. The van der Waals surface area contributed by atoms with Gasteiger partial charge >= 0.3 is 0 Å². The molecule has 2 aliphatic heterocycles. The van der Waals surface area contributed by atoms with Crippen molar-refractivity contribution in [1.82, 2.24) is 4.90 Å². The van der Waals surface area contributed by atoms with Crippen LogP contribution >= 0.6 is 0 Å². The number of fused-ring (bicyclic) bond motifs is 2. The molecule has 1 aliphatic carbocycles. The third-order valence-electron chi connectivity index (χ3n) is 5.52. The maximum absolute atomic E-state index is 12.8. The Labute approximate surface area is 169 Å². The topological polar surface area (TPSA) is 57.2 Å². The van der Waals surface area contributed by atoms with Gasteiger partial charge in [0.1, 0.15) is 12.4 Å². The maximum atomic E-state index is 12.8. The van der Waals surface area contributed by atoms with E-state index in [2.05, 4.69) is 4.90 Å². The van der Waals surface area contributed by atoms with E-state index in [1.54, 1.807) is 6.07 Å². The smallest absolute Gasteiger partial charge is 0.231 e. The van der Waals surface area contributed by atoms with Gasteiger partial charge in [-0.25, -0.2) is 0 Å². The molecule has 0 amide bonds. The number of rotatable bonds is 5. The zero-order valence-electron chi connectivity index (χ0n) is 16.2. The van der Waals surface area contributed by atoms with Gasteiger partial charge < -0.3 is 18.9 Å². The molecule has 1 fully saturated rings. The van der Waals surface area contributed by atoms with E-state index in [1.165, 1.54) is 0 Å². The Hall–Kier alpha value is -2.83. The van der Waals surface area contributed by atoms with Gasteiger partial charge in [0, 0.05) is 37.2 Å². The monoisotopic (exact) mass is 393 g/mol. The summed E-state index contributed by atoms with van der Waals surface area (Å²) in [6.45, 7) is 5.31. The number of ether oxygens (including phenoxy) is 4. The third-order valence-corrected chi connectivity index (χ3v) is 5.52. The fourth-order valence-corrected chi connectivity index (χ4v) is 3.90. The predicted molar refractivity (Wildman–Crippen MR) is 108 cm³/mol. The fourth-order valence-electron chi connectivity index (χ4n) is 3.90. The minimum Gasteiger partial charge on any atom is -0.492 e. The summed E-state index contributed by atoms with van der Waals surface area (Å²) in [7, 11) is 0. The van der Waals surface area contributed by atoms with Crippen LogP contribution in [0.5, 0.6) is 17.2 Å². The maximum Gasteiger partial charge on any atom is 0.231 e. The van der Waals surface area contributed by atoms with Crippen molar-refractivity contribution < 1.29 is 23.7 Å². The summed E-state index contributed by atoms with van der Waals surface area (Å²) >= 11 is 0. The van der Waals surface area contributed by atoms with Crippen molar-refractivity contribution in [2.24, 2.45) is 0 Å². The van der Waals surface area contributed by atoms with Crippen LogP contribution in [0.15, 0.2) is 42.0 Å². The quantitative estimate of drug-likeness (QED) is 0.728. The number of Topliss-reactive ketones (excluding diaryl/α,β-unsaturated/α-hetero) is 1. The van der Waals surface area contributed by atoms with E-state index in [0.29, 0.717) is 24.3 Å². The average Bonchev–Trinajstić information content (AvgIpc) is 3.33. The minimum absolute atomic E-state index is 0.0594. The zero-order chi connectivity index (χ0) is 19.6. The molecule has 3 aliphatic rings. The van der Waals surface area contributed by atoms with Crippen LogP contribution in [-0.2, 0) is 11.2 Å². The standard InChI is InChI=1S/C23H23NO5/c25-23-18(12-17-13-21-22(14-20(17)23)29-15-28-21)11-16-1-3-19(4-2-16)27-10-7-24-5-8-26-9-6-24/h1-4,11,13-14H,5-10,12,15H2/b18-11+. The largest absolute Gasteiger partial charge is 0.492 e. The molecular formula is C23H23NO5. The van der Waals surface area contributed by atoms with E-state index in [1.807, 2.05) is 36.4 Å². The first-order valence-electron chi connectivity index (χ1n) is 9.97. The van der Waals surface area contributed by atoms with Gasteiger partial charge in [-0.3, -0.25) is 9.69 Å². The van der Waals surface area contributed by atoms with Gasteiger partial charge in [-0.2, -0.15) is 0 Å². The van der Waals surface area contributed by atoms with Crippen molar-refractivity contribution in [1.29, 1.82) is 0 Å². The lowest BCUT2D eigenvalue weighted by molar-refractivity contribution is 0.0322. The average molecular weight is 393 g/mol. The van der Waals surface area contributed by atoms with Crippen LogP contribution in [0.3, 0.4) is 0 Å². The molecule has 0 bridgehead atoms. The molecule has 2 aromatic rings. The molecule has 0 N–H and O–H groups in total. The Morgan fingerprint density at radius 2 is 1.79 bits per heavy atom. The summed E-state index contributed by atoms with van der Waals surface area (Å²) in [6.07, 6.45) is 2.56. The molecule has 0 aromatic heterocycles. The number of benzene rings is 2. The van der Waals surface area contributed by atoms with Crippen molar-refractivity contribution in [2.75, 3.05) is 46.2 Å². The van der Waals surface area contributed by atoms with Crippen LogP contribution in [0.4, 0.5) is 0 Å². The lowest BCUT2D eigenvalue weighted by Gasteiger charge is -2.26. The summed E-state index contributed by atoms with van der Waals surface area (Å²) in [4.78, 5) is 15.1. The first kappa shape index (κ1) is 18.2. The van der Waals surface area contributed by atoms with Gasteiger partial charge in [0.2, 0.25) is 6.79 Å². The highest BCUT2D eigenvalue weighted by Gasteiger charge is 2.28. The van der Waals surface area contributed by atoms with Crippen molar-refractivity contribution in [2.45, 2.75) is 6.42 Å². The van der Waals surface area contributed by atoms with E-state index >= 15 is 0 Å². The van der Waals surface area contributed by atoms with Crippen LogP contribution in [0, 0.1) is 0 Å². The Kier molecular flexibility index (Phi) is 4.96. The van der Waals surface area contributed by atoms with Crippen LogP contribution in [-0.4, -0.2) is 56.9 Å². The number of carbonyl (C=O) groups excluding carboxylic acids is 1. The molecule has 5 rings (SSSR count). The van der Waals surface area contributed by atoms with Crippen molar-refractivity contribution >= 4 is 11.9 Å². The Morgan fingerprint density at radius 1 is 1.03 bits per heavy atom. The first-order valence-corrected chi connectivity index (χ1v) is 9.97. The van der Waals surface area contributed by atoms with Crippen LogP contribution in [0.1, 0.15) is 21.5 Å². The number of hydrogen-bond acceptors (Lipinski definition) is 6.